The lowest BCUT2D eigenvalue weighted by Gasteiger charge is -2.07. The Morgan fingerprint density at radius 1 is 0.750 bits per heavy atom. The zero-order valence-electron chi connectivity index (χ0n) is 26.5. The third-order valence-corrected chi connectivity index (χ3v) is 6.39. The van der Waals surface area contributed by atoms with Crippen LogP contribution in [0.5, 0.6) is 0 Å². The normalized spacial score (nSPS) is 14.6. The van der Waals surface area contributed by atoms with Crippen molar-refractivity contribution in [3.05, 3.63) is 114 Å². The van der Waals surface area contributed by atoms with Gasteiger partial charge in [-0.25, -0.2) is 8.78 Å². The molecule has 0 saturated carbocycles. The van der Waals surface area contributed by atoms with Crippen molar-refractivity contribution in [1.82, 2.24) is 0 Å². The maximum Gasteiger partial charge on any atom is 0.216 e. The number of hydrogen-bond donors (Lipinski definition) is 0. The summed E-state index contributed by atoms with van der Waals surface area (Å²) in [5.41, 5.74) is 1.46. The van der Waals surface area contributed by atoms with Crippen LogP contribution in [0.3, 0.4) is 0 Å². The Kier molecular flexibility index (Phi) is 3.66. The molecule has 36 heavy (non-hydrogen) atoms. The van der Waals surface area contributed by atoms with Crippen LogP contribution in [0, 0.1) is 25.4 Å². The Morgan fingerprint density at radius 2 is 1.42 bits per heavy atom. The minimum Gasteiger partial charge on any atom is -0.454 e. The van der Waals surface area contributed by atoms with Crippen molar-refractivity contribution in [3.63, 3.8) is 0 Å². The van der Waals surface area contributed by atoms with E-state index in [-0.39, 0.29) is 39.9 Å². The van der Waals surface area contributed by atoms with Crippen LogP contribution in [0.15, 0.2) is 95.4 Å². The molecule has 4 heteroatoms. The number of rotatable bonds is 3. The van der Waals surface area contributed by atoms with E-state index in [4.69, 9.17) is 14.0 Å². The number of fused-ring (bicyclic) bond motifs is 3. The summed E-state index contributed by atoms with van der Waals surface area (Å²) in [6.45, 7) is -0.922. The zero-order valence-corrected chi connectivity index (χ0v) is 19.5. The largest absolute Gasteiger partial charge is 0.454 e. The molecule has 4 aromatic carbocycles. The smallest absolute Gasteiger partial charge is 0.216 e. The first-order valence-corrected chi connectivity index (χ1v) is 11.3. The summed E-state index contributed by atoms with van der Waals surface area (Å²) in [7, 11) is 1.58. The third kappa shape index (κ3) is 3.49. The maximum absolute atomic E-state index is 15.7. The first kappa shape index (κ1) is 15.6. The third-order valence-electron chi connectivity index (χ3n) is 6.39. The van der Waals surface area contributed by atoms with E-state index in [0.717, 1.165) is 6.20 Å². The summed E-state index contributed by atoms with van der Waals surface area (Å²) in [6, 6.07) is 14.6. The van der Waals surface area contributed by atoms with Gasteiger partial charge in [0.25, 0.3) is 0 Å². The van der Waals surface area contributed by atoms with E-state index in [1.807, 2.05) is 0 Å². The van der Waals surface area contributed by atoms with E-state index >= 15 is 4.39 Å². The fourth-order valence-electron chi connectivity index (χ4n) is 4.58. The van der Waals surface area contributed by atoms with E-state index < -0.39 is 36.1 Å². The van der Waals surface area contributed by atoms with Crippen molar-refractivity contribution in [1.29, 1.82) is 0 Å². The van der Waals surface area contributed by atoms with Gasteiger partial charge in [-0.2, -0.15) is 4.57 Å². The highest BCUT2D eigenvalue weighted by Gasteiger charge is 2.24. The minimum atomic E-state index is -2.71. The molecule has 2 aromatic heterocycles. The van der Waals surface area contributed by atoms with Gasteiger partial charge in [-0.1, -0.05) is 66.6 Å². The molecule has 2 nitrogen and oxygen atoms in total. The molecule has 176 valence electrons. The second-order valence-electron chi connectivity index (χ2n) is 8.68. The van der Waals surface area contributed by atoms with Crippen molar-refractivity contribution in [2.45, 2.75) is 13.8 Å². The summed E-state index contributed by atoms with van der Waals surface area (Å²) in [5, 5.41) is 1.00. The monoisotopic (exact) mass is 483 g/mol. The lowest BCUT2D eigenvalue weighted by Crippen LogP contribution is -2.31. The molecule has 0 amide bonds. The Hall–Kier alpha value is -4.31. The fourth-order valence-corrected chi connectivity index (χ4v) is 4.58. The zero-order chi connectivity index (χ0) is 31.0. The molecule has 6 rings (SSSR count). The summed E-state index contributed by atoms with van der Waals surface area (Å²) in [6.07, 6.45) is 1.08. The first-order chi connectivity index (χ1) is 20.3. The van der Waals surface area contributed by atoms with Crippen LogP contribution in [-0.2, 0) is 7.05 Å². The highest BCUT2D eigenvalue weighted by molar-refractivity contribution is 6.13. The Morgan fingerprint density at radius 3 is 2.14 bits per heavy atom. The first-order valence-electron chi connectivity index (χ1n) is 14.8. The molecule has 0 aliphatic heterocycles. The number of aromatic nitrogens is 1. The molecule has 0 bridgehead atoms. The van der Waals surface area contributed by atoms with Crippen LogP contribution in [0.2, 0.25) is 0 Å². The van der Waals surface area contributed by atoms with Gasteiger partial charge in [0, 0.05) is 21.0 Å². The van der Waals surface area contributed by atoms with E-state index in [1.165, 1.54) is 22.8 Å². The molecule has 0 saturated heterocycles. The van der Waals surface area contributed by atoms with Gasteiger partial charge in [-0.05, 0) is 53.7 Å². The number of aryl methyl sites for hydroxylation is 3. The number of benzene rings is 4. The maximum atomic E-state index is 15.7. The van der Waals surface area contributed by atoms with Gasteiger partial charge < -0.3 is 4.42 Å². The van der Waals surface area contributed by atoms with Gasteiger partial charge in [-0.3, -0.25) is 0 Å². The second kappa shape index (κ2) is 8.42. The Balaban J connectivity index is 1.68. The summed E-state index contributed by atoms with van der Waals surface area (Å²) in [4.78, 5) is 0. The number of halogens is 2. The highest BCUT2D eigenvalue weighted by Crippen LogP contribution is 2.42. The van der Waals surface area contributed by atoms with Crippen molar-refractivity contribution < 1.29 is 27.4 Å². The molecular weight excluding hydrogens is 452 g/mol. The number of hydrogen-bond acceptors (Lipinski definition) is 1. The topological polar surface area (TPSA) is 17.0 Å². The van der Waals surface area contributed by atoms with Gasteiger partial charge in [0.15, 0.2) is 5.82 Å². The van der Waals surface area contributed by atoms with Gasteiger partial charge in [0.1, 0.15) is 24.0 Å². The van der Waals surface area contributed by atoms with E-state index in [9.17, 15) is 4.39 Å². The van der Waals surface area contributed by atoms with Crippen molar-refractivity contribution >= 4 is 21.9 Å². The van der Waals surface area contributed by atoms with Gasteiger partial charge in [0.2, 0.25) is 11.9 Å². The number of furan rings is 1. The molecule has 6 aromatic rings. The van der Waals surface area contributed by atoms with Crippen LogP contribution in [0.4, 0.5) is 8.78 Å². The molecule has 2 heterocycles. The summed E-state index contributed by atoms with van der Waals surface area (Å²) < 4.78 is 96.6. The van der Waals surface area contributed by atoms with Gasteiger partial charge >= 0.3 is 0 Å². The Labute approximate surface area is 217 Å². The molecule has 0 aliphatic carbocycles. The van der Waals surface area contributed by atoms with Crippen LogP contribution >= 0.6 is 0 Å². The fraction of sp³-hybridized carbons (Fsp3) is 0.0938. The highest BCUT2D eigenvalue weighted by atomic mass is 19.1. The Bertz CT molecular complexity index is 2080. The van der Waals surface area contributed by atoms with Crippen molar-refractivity contribution in [2.75, 3.05) is 0 Å². The predicted molar refractivity (Wildman–Crippen MR) is 141 cm³/mol. The molecule has 0 unspecified atom stereocenters. The molecule has 0 N–H and O–H groups in total. The number of pyridine rings is 1. The van der Waals surface area contributed by atoms with E-state index in [1.54, 1.807) is 56.4 Å². The van der Waals surface area contributed by atoms with Crippen LogP contribution < -0.4 is 4.57 Å². The molecule has 0 aliphatic rings. The average molecular weight is 484 g/mol. The average Bonchev–Trinajstić information content (AvgIpc) is 3.32. The molecule has 0 atom stereocenters. The van der Waals surface area contributed by atoms with Crippen LogP contribution in [-0.4, -0.2) is 0 Å². The van der Waals surface area contributed by atoms with Gasteiger partial charge in [0.05, 0.1) is 16.6 Å². The summed E-state index contributed by atoms with van der Waals surface area (Å²) >= 11 is 0. The SMILES string of the molecule is [2H]c1c([2H])c(-c2c(F)ccc3c2oc2c(-c4cc(C([2H])([2H])[2H])c(F)c[n+]4C)c(C)ccc23)c([2H])c([2H])c1-c1ccccc1. The van der Waals surface area contributed by atoms with E-state index in [0.29, 0.717) is 33.2 Å². The quantitative estimate of drug-likeness (QED) is 0.231. The lowest BCUT2D eigenvalue weighted by molar-refractivity contribution is -0.662. The lowest BCUT2D eigenvalue weighted by atomic mass is 9.97. The molecule has 0 spiro atoms. The minimum absolute atomic E-state index is 0.0101. The molecule has 0 fully saturated rings. The standard InChI is InChI=1S/C32H24F2NO/c1-19-9-14-24-25-15-16-26(33)30(23-12-10-22(11-13-23)21-7-5-4-6-8-21)32(25)36-31(24)29(19)28-17-20(2)27(34)18-35(28)3/h4-18H,1-3H3/q+1/i2D3,10D,11D,12D,13D. The van der Waals surface area contributed by atoms with Gasteiger partial charge in [-0.15, -0.1) is 0 Å². The molecule has 0 radical (unpaired) electrons. The van der Waals surface area contributed by atoms with Crippen LogP contribution in [0.25, 0.3) is 55.4 Å². The second-order valence-corrected chi connectivity index (χ2v) is 8.68. The molecular formula is C32H24F2NO+. The number of nitrogens with zero attached hydrogens (tertiary/aromatic N) is 1. The van der Waals surface area contributed by atoms with Crippen molar-refractivity contribution in [2.24, 2.45) is 7.05 Å². The summed E-state index contributed by atoms with van der Waals surface area (Å²) in [5.74, 6) is -1.68. The van der Waals surface area contributed by atoms with E-state index in [2.05, 4.69) is 0 Å². The van der Waals surface area contributed by atoms with Crippen LogP contribution in [0.1, 0.15) is 20.7 Å². The van der Waals surface area contributed by atoms with Crippen molar-refractivity contribution in [3.8, 4) is 33.5 Å². The predicted octanol–water partition coefficient (Wildman–Crippen LogP) is 8.31.